The Labute approximate surface area is 156 Å². The Hall–Kier alpha value is -2.10. The highest BCUT2D eigenvalue weighted by Crippen LogP contribution is 2.51. The number of morpholine rings is 1. The Bertz CT molecular complexity index is 737. The van der Waals surface area contributed by atoms with Crippen molar-refractivity contribution in [2.24, 2.45) is 17.8 Å². The third-order valence-corrected chi connectivity index (χ3v) is 6.01. The van der Waals surface area contributed by atoms with E-state index in [1.54, 1.807) is 17.3 Å². The molecule has 3 aliphatic heterocycles. The average Bonchev–Trinajstić information content (AvgIpc) is 3.26. The van der Waals surface area contributed by atoms with Crippen molar-refractivity contribution < 1.29 is 23.8 Å². The molecule has 9 heteroatoms. The van der Waals surface area contributed by atoms with Gasteiger partial charge in [-0.3, -0.25) is 9.59 Å². The number of hydrogen-bond acceptors (Lipinski definition) is 7. The highest BCUT2D eigenvalue weighted by molar-refractivity contribution is 5.95. The van der Waals surface area contributed by atoms with Crippen LogP contribution in [0.15, 0.2) is 18.7 Å². The molecule has 4 heterocycles. The summed E-state index contributed by atoms with van der Waals surface area (Å²) in [6.07, 6.45) is 4.64. The van der Waals surface area contributed by atoms with Crippen molar-refractivity contribution in [3.8, 4) is 0 Å². The molecule has 4 atom stereocenters. The average molecular weight is 374 g/mol. The minimum absolute atomic E-state index is 0.0528. The van der Waals surface area contributed by atoms with Crippen LogP contribution in [0.3, 0.4) is 0 Å². The molecular weight excluding hydrogens is 352 g/mol. The maximum atomic E-state index is 13.0. The van der Waals surface area contributed by atoms with E-state index in [2.05, 4.69) is 9.97 Å². The molecule has 1 aliphatic carbocycles. The second-order valence-corrected chi connectivity index (χ2v) is 7.75. The Morgan fingerprint density at radius 1 is 1.15 bits per heavy atom. The highest BCUT2D eigenvalue weighted by Gasteiger charge is 2.59. The molecule has 0 radical (unpaired) electrons. The topological polar surface area (TPSA) is 94.1 Å². The smallest absolute Gasteiger partial charge is 0.253 e. The summed E-state index contributed by atoms with van der Waals surface area (Å²) in [5.74, 6) is 0.811. The van der Waals surface area contributed by atoms with Gasteiger partial charge in [0.1, 0.15) is 18.5 Å². The quantitative estimate of drug-likeness (QED) is 0.678. The summed E-state index contributed by atoms with van der Waals surface area (Å²) in [4.78, 5) is 36.9. The van der Waals surface area contributed by atoms with Gasteiger partial charge >= 0.3 is 0 Å². The highest BCUT2D eigenvalue weighted by atomic mass is 16.6. The molecular formula is C18H22N4O5. The zero-order valence-electron chi connectivity index (χ0n) is 15.0. The van der Waals surface area contributed by atoms with Gasteiger partial charge in [0.15, 0.2) is 0 Å². The van der Waals surface area contributed by atoms with E-state index in [0.717, 1.165) is 0 Å². The van der Waals surface area contributed by atoms with Gasteiger partial charge in [0.25, 0.3) is 5.91 Å². The van der Waals surface area contributed by atoms with Gasteiger partial charge in [-0.05, 0) is 11.8 Å². The zero-order valence-corrected chi connectivity index (χ0v) is 15.0. The van der Waals surface area contributed by atoms with Crippen molar-refractivity contribution in [2.75, 3.05) is 57.6 Å². The van der Waals surface area contributed by atoms with Crippen LogP contribution in [0.5, 0.6) is 0 Å². The Kier molecular flexibility index (Phi) is 4.10. The molecule has 144 valence electrons. The van der Waals surface area contributed by atoms with Gasteiger partial charge in [0.05, 0.1) is 57.6 Å². The van der Waals surface area contributed by atoms with E-state index in [-0.39, 0.29) is 24.3 Å². The summed E-state index contributed by atoms with van der Waals surface area (Å²) in [5.41, 5.74) is -0.114. The van der Waals surface area contributed by atoms with E-state index in [1.807, 2.05) is 4.90 Å². The molecule has 2 unspecified atom stereocenters. The van der Waals surface area contributed by atoms with Crippen LogP contribution in [0.25, 0.3) is 0 Å². The summed E-state index contributed by atoms with van der Waals surface area (Å²) in [6.45, 7) is 3.40. The van der Waals surface area contributed by atoms with Crippen LogP contribution in [-0.4, -0.2) is 85.0 Å². The van der Waals surface area contributed by atoms with Crippen LogP contribution in [0.2, 0.25) is 0 Å². The van der Waals surface area contributed by atoms with Crippen molar-refractivity contribution in [3.63, 3.8) is 0 Å². The van der Waals surface area contributed by atoms with E-state index < -0.39 is 5.60 Å². The number of aromatic nitrogens is 2. The van der Waals surface area contributed by atoms with E-state index in [1.165, 1.54) is 6.33 Å². The van der Waals surface area contributed by atoms with Gasteiger partial charge < -0.3 is 24.0 Å². The first kappa shape index (κ1) is 17.0. The molecule has 1 aromatic rings. The van der Waals surface area contributed by atoms with Crippen LogP contribution in [-0.2, 0) is 23.8 Å². The van der Waals surface area contributed by atoms with E-state index in [0.29, 0.717) is 63.6 Å². The van der Waals surface area contributed by atoms with Gasteiger partial charge in [0, 0.05) is 12.5 Å². The fourth-order valence-electron chi connectivity index (χ4n) is 4.47. The molecule has 27 heavy (non-hydrogen) atoms. The van der Waals surface area contributed by atoms with Crippen molar-refractivity contribution in [2.45, 2.75) is 5.60 Å². The molecule has 4 fully saturated rings. The van der Waals surface area contributed by atoms with Crippen molar-refractivity contribution >= 4 is 17.5 Å². The molecule has 1 spiro atoms. The molecule has 1 aromatic heterocycles. The Balaban J connectivity index is 1.34. The van der Waals surface area contributed by atoms with Crippen LogP contribution < -0.4 is 4.90 Å². The number of ether oxygens (including phenoxy) is 3. The molecule has 0 N–H and O–H groups in total. The predicted molar refractivity (Wildman–Crippen MR) is 91.8 cm³/mol. The van der Waals surface area contributed by atoms with E-state index in [9.17, 15) is 9.59 Å². The van der Waals surface area contributed by atoms with Crippen LogP contribution >= 0.6 is 0 Å². The summed E-state index contributed by atoms with van der Waals surface area (Å²) >= 11 is 0. The standard InChI is InChI=1S/C18H22N4O5/c23-15-7-27-18(9-22(15)12-3-19-11-20-4-12)8-21(1-2-25-10-18)17(24)16-13-5-26-6-14(13)16/h3-4,11,13-14,16H,1-2,5-10H2/t13-,14+,16?,18?. The number of nitrogens with zero attached hydrogens (tertiary/aromatic N) is 4. The predicted octanol–water partition coefficient (Wildman–Crippen LogP) is -0.670. The second-order valence-electron chi connectivity index (χ2n) is 7.75. The lowest BCUT2D eigenvalue weighted by molar-refractivity contribution is -0.150. The monoisotopic (exact) mass is 374 g/mol. The Morgan fingerprint density at radius 2 is 1.93 bits per heavy atom. The van der Waals surface area contributed by atoms with Gasteiger partial charge in [-0.1, -0.05) is 0 Å². The number of amides is 2. The molecule has 0 aromatic carbocycles. The minimum Gasteiger partial charge on any atom is -0.381 e. The van der Waals surface area contributed by atoms with Crippen LogP contribution in [0.4, 0.5) is 5.69 Å². The molecule has 0 bridgehead atoms. The minimum atomic E-state index is -0.740. The van der Waals surface area contributed by atoms with Crippen molar-refractivity contribution in [1.29, 1.82) is 0 Å². The van der Waals surface area contributed by atoms with Crippen LogP contribution in [0, 0.1) is 17.8 Å². The van der Waals surface area contributed by atoms with E-state index >= 15 is 0 Å². The maximum Gasteiger partial charge on any atom is 0.253 e. The molecule has 2 amide bonds. The largest absolute Gasteiger partial charge is 0.381 e. The normalized spacial score (nSPS) is 35.9. The lowest BCUT2D eigenvalue weighted by Gasteiger charge is -2.42. The van der Waals surface area contributed by atoms with Gasteiger partial charge in [-0.2, -0.15) is 0 Å². The van der Waals surface area contributed by atoms with Crippen LogP contribution in [0.1, 0.15) is 0 Å². The number of rotatable bonds is 2. The summed E-state index contributed by atoms with van der Waals surface area (Å²) in [7, 11) is 0. The molecule has 1 saturated carbocycles. The number of fused-ring (bicyclic) bond motifs is 1. The number of carbonyl (C=O) groups excluding carboxylic acids is 2. The number of carbonyl (C=O) groups is 2. The van der Waals surface area contributed by atoms with Crippen molar-refractivity contribution in [1.82, 2.24) is 14.9 Å². The zero-order chi connectivity index (χ0) is 18.4. The molecule has 3 saturated heterocycles. The Morgan fingerprint density at radius 3 is 2.70 bits per heavy atom. The summed E-state index contributed by atoms with van der Waals surface area (Å²) < 4.78 is 17.1. The molecule has 4 aliphatic rings. The van der Waals surface area contributed by atoms with Gasteiger partial charge in [0.2, 0.25) is 5.91 Å². The third kappa shape index (κ3) is 2.99. The van der Waals surface area contributed by atoms with E-state index in [4.69, 9.17) is 14.2 Å². The SMILES string of the molecule is O=C(C1[C@H]2COC[C@@H]12)N1CCOCC2(C1)CN(c1cncnc1)C(=O)CO2. The molecule has 9 nitrogen and oxygen atoms in total. The van der Waals surface area contributed by atoms with Gasteiger partial charge in [-0.15, -0.1) is 0 Å². The first-order valence-corrected chi connectivity index (χ1v) is 9.30. The first-order valence-electron chi connectivity index (χ1n) is 9.30. The van der Waals surface area contributed by atoms with Crippen molar-refractivity contribution in [3.05, 3.63) is 18.7 Å². The maximum absolute atomic E-state index is 13.0. The summed E-state index contributed by atoms with van der Waals surface area (Å²) in [5, 5.41) is 0. The number of anilines is 1. The van der Waals surface area contributed by atoms with Gasteiger partial charge in [-0.25, -0.2) is 9.97 Å². The lowest BCUT2D eigenvalue weighted by atomic mass is 10.0. The molecule has 5 rings (SSSR count). The second kappa shape index (κ2) is 6.50. The third-order valence-electron chi connectivity index (χ3n) is 6.01. The lowest BCUT2D eigenvalue weighted by Crippen LogP contribution is -2.61. The number of hydrogen-bond donors (Lipinski definition) is 0. The first-order chi connectivity index (χ1) is 13.2. The fraction of sp³-hybridized carbons (Fsp3) is 0.667. The summed E-state index contributed by atoms with van der Waals surface area (Å²) in [6, 6.07) is 0. The fourth-order valence-corrected chi connectivity index (χ4v) is 4.47.